The molecule has 3 nitrogen and oxygen atoms in total. The number of aliphatic hydroxyl groups is 1. The van der Waals surface area contributed by atoms with E-state index in [0.29, 0.717) is 6.54 Å². The summed E-state index contributed by atoms with van der Waals surface area (Å²) in [5.74, 6) is -0.894. The van der Waals surface area contributed by atoms with Crippen LogP contribution in [-0.4, -0.2) is 23.7 Å². The van der Waals surface area contributed by atoms with Crippen LogP contribution in [-0.2, 0) is 12.7 Å². The van der Waals surface area contributed by atoms with Gasteiger partial charge in [-0.2, -0.15) is 13.2 Å². The summed E-state index contributed by atoms with van der Waals surface area (Å²) in [5.41, 5.74) is 4.42. The average Bonchev–Trinajstić information content (AvgIpc) is 2.36. The van der Waals surface area contributed by atoms with E-state index in [-0.39, 0.29) is 13.2 Å². The molecule has 0 aromatic heterocycles. The molecule has 108 valence electrons. The Balaban J connectivity index is 0.000000711. The van der Waals surface area contributed by atoms with Crippen molar-refractivity contribution in [3.05, 3.63) is 35.1 Å². The van der Waals surface area contributed by atoms with Crippen LogP contribution in [0.1, 0.15) is 11.1 Å². The van der Waals surface area contributed by atoms with E-state index < -0.39 is 23.1 Å². The van der Waals surface area contributed by atoms with Crippen LogP contribution in [0, 0.1) is 5.82 Å². The molecule has 1 rings (SSSR count). The highest BCUT2D eigenvalue weighted by Gasteiger charge is 2.34. The zero-order valence-electron chi connectivity index (χ0n) is 9.88. The first kappa shape index (κ1) is 17.8. The number of halogens is 4. The van der Waals surface area contributed by atoms with Crippen LogP contribution in [0.2, 0.25) is 0 Å². The van der Waals surface area contributed by atoms with Gasteiger partial charge in [0.2, 0.25) is 0 Å². The Bertz CT molecular complexity index is 397. The number of nitrogens with one attached hydrogen (secondary N) is 1. The molecule has 1 aromatic rings. The van der Waals surface area contributed by atoms with Crippen molar-refractivity contribution in [2.75, 3.05) is 13.2 Å². The third-order valence-corrected chi connectivity index (χ3v) is 2.08. The number of benzene rings is 1. The normalized spacial score (nSPS) is 10.4. The van der Waals surface area contributed by atoms with Gasteiger partial charge in [-0.05, 0) is 12.1 Å². The van der Waals surface area contributed by atoms with Gasteiger partial charge < -0.3 is 16.2 Å². The molecule has 0 heterocycles. The molecule has 0 unspecified atom stereocenters. The number of hydrogen-bond donors (Lipinski definition) is 3. The third kappa shape index (κ3) is 6.46. The largest absolute Gasteiger partial charge is 0.416 e. The minimum Gasteiger partial charge on any atom is -0.395 e. The molecular formula is C11H14F4N2OS. The lowest BCUT2D eigenvalue weighted by molar-refractivity contribution is -0.138. The SMILES string of the molecule is Fc1cccc(C(F)(F)F)c1CNC=S.NCCO. The maximum Gasteiger partial charge on any atom is 0.416 e. The van der Waals surface area contributed by atoms with Crippen molar-refractivity contribution >= 4 is 17.7 Å². The van der Waals surface area contributed by atoms with Gasteiger partial charge in [-0.25, -0.2) is 4.39 Å². The standard InChI is InChI=1S/C9H7F4NS.C2H7NO/c10-8-3-1-2-7(9(11,12)13)6(8)4-14-5-15;3-1-2-4/h1-3,5H,4H2,(H,14,15);4H,1-3H2. The second-order valence-electron chi connectivity index (χ2n) is 3.27. The monoisotopic (exact) mass is 298 g/mol. The van der Waals surface area contributed by atoms with E-state index in [4.69, 9.17) is 10.8 Å². The first-order valence-corrected chi connectivity index (χ1v) is 5.68. The molecule has 0 spiro atoms. The molecule has 0 aliphatic heterocycles. The predicted molar refractivity (Wildman–Crippen MR) is 68.0 cm³/mol. The molecule has 8 heteroatoms. The van der Waals surface area contributed by atoms with E-state index in [1.807, 2.05) is 0 Å². The summed E-state index contributed by atoms with van der Waals surface area (Å²) in [4.78, 5) is 0. The fraction of sp³-hybridized carbons (Fsp3) is 0.364. The van der Waals surface area contributed by atoms with Crippen molar-refractivity contribution in [2.45, 2.75) is 12.7 Å². The van der Waals surface area contributed by atoms with Gasteiger partial charge in [-0.15, -0.1) is 0 Å². The third-order valence-electron chi connectivity index (χ3n) is 1.92. The van der Waals surface area contributed by atoms with E-state index in [1.54, 1.807) is 0 Å². The number of alkyl halides is 3. The van der Waals surface area contributed by atoms with Gasteiger partial charge in [0.15, 0.2) is 0 Å². The minimum absolute atomic E-state index is 0.0972. The average molecular weight is 298 g/mol. The molecule has 0 bridgehead atoms. The van der Waals surface area contributed by atoms with E-state index >= 15 is 0 Å². The Morgan fingerprint density at radius 3 is 2.37 bits per heavy atom. The lowest BCUT2D eigenvalue weighted by atomic mass is 10.1. The molecule has 0 saturated carbocycles. The highest BCUT2D eigenvalue weighted by molar-refractivity contribution is 7.78. The lowest BCUT2D eigenvalue weighted by Gasteiger charge is -2.13. The molecule has 0 saturated heterocycles. The predicted octanol–water partition coefficient (Wildman–Crippen LogP) is 1.83. The van der Waals surface area contributed by atoms with Crippen molar-refractivity contribution in [3.8, 4) is 0 Å². The van der Waals surface area contributed by atoms with Crippen molar-refractivity contribution in [2.24, 2.45) is 5.73 Å². The summed E-state index contributed by atoms with van der Waals surface area (Å²) in [7, 11) is 0. The maximum absolute atomic E-state index is 13.1. The van der Waals surface area contributed by atoms with Crippen LogP contribution >= 0.6 is 12.2 Å². The summed E-state index contributed by atoms with van der Waals surface area (Å²) >= 11 is 4.39. The van der Waals surface area contributed by atoms with Crippen molar-refractivity contribution in [1.29, 1.82) is 0 Å². The minimum atomic E-state index is -4.55. The maximum atomic E-state index is 13.1. The van der Waals surface area contributed by atoms with Crippen molar-refractivity contribution in [1.82, 2.24) is 5.32 Å². The Morgan fingerprint density at radius 2 is 1.95 bits per heavy atom. The molecule has 0 fully saturated rings. The van der Waals surface area contributed by atoms with Gasteiger partial charge in [0.25, 0.3) is 0 Å². The molecule has 4 N–H and O–H groups in total. The van der Waals surface area contributed by atoms with Crippen LogP contribution < -0.4 is 11.1 Å². The van der Waals surface area contributed by atoms with E-state index in [1.165, 1.54) is 0 Å². The topological polar surface area (TPSA) is 58.3 Å². The van der Waals surface area contributed by atoms with E-state index in [9.17, 15) is 17.6 Å². The molecule has 0 amide bonds. The molecule has 1 aromatic carbocycles. The first-order valence-electron chi connectivity index (χ1n) is 5.21. The van der Waals surface area contributed by atoms with Gasteiger partial charge in [0.1, 0.15) is 5.82 Å². The zero-order chi connectivity index (χ0) is 14.9. The smallest absolute Gasteiger partial charge is 0.395 e. The lowest BCUT2D eigenvalue weighted by Crippen LogP contribution is -2.17. The summed E-state index contributed by atoms with van der Waals surface area (Å²) < 4.78 is 50.4. The number of rotatable bonds is 4. The first-order chi connectivity index (χ1) is 8.88. The van der Waals surface area contributed by atoms with Crippen LogP contribution in [0.5, 0.6) is 0 Å². The van der Waals surface area contributed by atoms with Crippen LogP contribution in [0.3, 0.4) is 0 Å². The van der Waals surface area contributed by atoms with Gasteiger partial charge in [-0.1, -0.05) is 18.3 Å². The van der Waals surface area contributed by atoms with Crippen LogP contribution in [0.15, 0.2) is 18.2 Å². The van der Waals surface area contributed by atoms with Crippen molar-refractivity contribution < 1.29 is 22.7 Å². The van der Waals surface area contributed by atoms with Gasteiger partial charge in [-0.3, -0.25) is 0 Å². The van der Waals surface area contributed by atoms with E-state index in [0.717, 1.165) is 23.7 Å². The van der Waals surface area contributed by atoms with Crippen molar-refractivity contribution in [3.63, 3.8) is 0 Å². The molecule has 0 atom stereocenters. The fourth-order valence-corrected chi connectivity index (χ4v) is 1.23. The summed E-state index contributed by atoms with van der Waals surface area (Å²) in [5, 5.41) is 10.1. The second-order valence-corrected chi connectivity index (χ2v) is 3.51. The fourth-order valence-electron chi connectivity index (χ4n) is 1.15. The Kier molecular flexibility index (Phi) is 8.21. The summed E-state index contributed by atoms with van der Waals surface area (Å²) in [6.45, 7) is 0.199. The highest BCUT2D eigenvalue weighted by Crippen LogP contribution is 2.32. The molecule has 0 aliphatic rings. The number of hydrogen-bond acceptors (Lipinski definition) is 3. The van der Waals surface area contributed by atoms with Gasteiger partial charge in [0, 0.05) is 18.7 Å². The Morgan fingerprint density at radius 1 is 1.37 bits per heavy atom. The quantitative estimate of drug-likeness (QED) is 0.586. The second kappa shape index (κ2) is 8.78. The molecule has 19 heavy (non-hydrogen) atoms. The van der Waals surface area contributed by atoms with Crippen LogP contribution in [0.25, 0.3) is 0 Å². The summed E-state index contributed by atoms with van der Waals surface area (Å²) in [6, 6.07) is 2.85. The zero-order valence-corrected chi connectivity index (χ0v) is 10.7. The Labute approximate surface area is 113 Å². The molecule has 0 aliphatic carbocycles. The van der Waals surface area contributed by atoms with E-state index in [2.05, 4.69) is 17.5 Å². The highest BCUT2D eigenvalue weighted by atomic mass is 32.1. The van der Waals surface area contributed by atoms with Crippen LogP contribution in [0.4, 0.5) is 17.6 Å². The number of aliphatic hydroxyl groups excluding tert-OH is 1. The van der Waals surface area contributed by atoms with Gasteiger partial charge in [0.05, 0.1) is 17.7 Å². The number of thiocarbonyl (C=S) groups is 1. The Hall–Kier alpha value is -1.25. The summed E-state index contributed by atoms with van der Waals surface area (Å²) in [6.07, 6.45) is -4.55. The van der Waals surface area contributed by atoms with Gasteiger partial charge >= 0.3 is 6.18 Å². The number of nitrogens with two attached hydrogens (primary N) is 1. The molecular weight excluding hydrogens is 284 g/mol. The molecule has 0 radical (unpaired) electrons.